The van der Waals surface area contributed by atoms with E-state index < -0.39 is 16.4 Å². The molecule has 0 aromatic carbocycles. The minimum atomic E-state index is -4.80. The van der Waals surface area contributed by atoms with Crippen molar-refractivity contribution >= 4 is 22.3 Å². The Labute approximate surface area is 183 Å². The summed E-state index contributed by atoms with van der Waals surface area (Å²) in [5, 5.41) is 2.69. The number of hydrogen-bond donors (Lipinski definition) is 2. The molecular weight excluding hydrogens is 406 g/mol. The van der Waals surface area contributed by atoms with E-state index in [1.165, 1.54) is 83.5 Å². The van der Waals surface area contributed by atoms with Crippen LogP contribution in [0.25, 0.3) is 0 Å². The summed E-state index contributed by atoms with van der Waals surface area (Å²) in [6, 6.07) is 0. The predicted molar refractivity (Wildman–Crippen MR) is 119 cm³/mol. The quantitative estimate of drug-likeness (QED) is 0.177. The van der Waals surface area contributed by atoms with Crippen molar-refractivity contribution in [1.82, 2.24) is 5.32 Å². The first-order valence-electron chi connectivity index (χ1n) is 11.8. The summed E-state index contributed by atoms with van der Waals surface area (Å²) in [7, 11) is -4.80. The van der Waals surface area contributed by atoms with E-state index in [0.29, 0.717) is 6.54 Å². The molecule has 30 heavy (non-hydrogen) atoms. The van der Waals surface area contributed by atoms with Crippen LogP contribution in [-0.4, -0.2) is 31.4 Å². The lowest BCUT2D eigenvalue weighted by Gasteiger charge is -2.05. The van der Waals surface area contributed by atoms with Crippen molar-refractivity contribution in [2.24, 2.45) is 0 Å². The Hall–Kier alpha value is -1.15. The molecule has 0 aliphatic heterocycles. The van der Waals surface area contributed by atoms with Gasteiger partial charge in [-0.1, -0.05) is 103 Å². The Kier molecular flexibility index (Phi) is 19.0. The molecule has 0 rings (SSSR count). The molecule has 1 amide bonds. The van der Waals surface area contributed by atoms with Crippen LogP contribution in [0.2, 0.25) is 0 Å². The zero-order chi connectivity index (χ0) is 22.5. The van der Waals surface area contributed by atoms with Crippen LogP contribution in [0.4, 0.5) is 0 Å². The molecule has 0 bridgehead atoms. The average Bonchev–Trinajstić information content (AvgIpc) is 2.67. The van der Waals surface area contributed by atoms with Gasteiger partial charge in [0.15, 0.2) is 0 Å². The Bertz CT molecular complexity index is 536. The summed E-state index contributed by atoms with van der Waals surface area (Å²) in [5.41, 5.74) is 0. The van der Waals surface area contributed by atoms with Crippen LogP contribution in [0, 0.1) is 0 Å². The summed E-state index contributed by atoms with van der Waals surface area (Å²) < 4.78 is 32.8. The molecule has 0 aliphatic rings. The predicted octanol–water partition coefficient (Wildman–Crippen LogP) is 5.49. The third-order valence-electron chi connectivity index (χ3n) is 5.11. The number of rotatable bonds is 21. The molecular formula is C22H43NO6S. The molecule has 178 valence electrons. The van der Waals surface area contributed by atoms with E-state index in [2.05, 4.69) is 16.4 Å². The normalized spacial score (nSPS) is 11.4. The lowest BCUT2D eigenvalue weighted by atomic mass is 10.0. The second kappa shape index (κ2) is 19.8. The maximum absolute atomic E-state index is 11.5. The molecule has 0 radical (unpaired) electrons. The second-order valence-corrected chi connectivity index (χ2v) is 9.06. The third-order valence-corrected chi connectivity index (χ3v) is 5.50. The average molecular weight is 450 g/mol. The van der Waals surface area contributed by atoms with Crippen molar-refractivity contribution < 1.29 is 26.7 Å². The minimum absolute atomic E-state index is 0.160. The summed E-state index contributed by atoms with van der Waals surface area (Å²) in [6.07, 6.45) is 20.2. The molecule has 0 aromatic rings. The fourth-order valence-electron chi connectivity index (χ4n) is 3.36. The van der Waals surface area contributed by atoms with Gasteiger partial charge < -0.3 is 9.50 Å². The van der Waals surface area contributed by atoms with Gasteiger partial charge in [-0.05, 0) is 6.42 Å². The van der Waals surface area contributed by atoms with Gasteiger partial charge in [0.25, 0.3) is 0 Å². The first-order chi connectivity index (χ1) is 14.3. The van der Waals surface area contributed by atoms with E-state index in [4.69, 9.17) is 4.55 Å². The van der Waals surface area contributed by atoms with E-state index >= 15 is 0 Å². The molecule has 0 aromatic heterocycles. The van der Waals surface area contributed by atoms with Gasteiger partial charge in [0.05, 0.1) is 6.42 Å². The van der Waals surface area contributed by atoms with Gasteiger partial charge in [-0.15, -0.1) is 0 Å². The molecule has 7 nitrogen and oxygen atoms in total. The summed E-state index contributed by atoms with van der Waals surface area (Å²) >= 11 is 0. The monoisotopic (exact) mass is 449 g/mol. The highest BCUT2D eigenvalue weighted by molar-refractivity contribution is 7.81. The smallest absolute Gasteiger partial charge is 0.356 e. The molecule has 0 spiro atoms. The van der Waals surface area contributed by atoms with Crippen LogP contribution in [0.1, 0.15) is 122 Å². The molecule has 0 heterocycles. The fraction of sp³-hybridized carbons (Fsp3) is 0.909. The summed E-state index contributed by atoms with van der Waals surface area (Å²) in [6.45, 7) is 2.80. The van der Waals surface area contributed by atoms with Gasteiger partial charge in [-0.2, -0.15) is 8.42 Å². The van der Waals surface area contributed by atoms with Crippen LogP contribution >= 0.6 is 0 Å². The summed E-state index contributed by atoms with van der Waals surface area (Å²) in [4.78, 5) is 22.6. The van der Waals surface area contributed by atoms with Gasteiger partial charge in [0, 0.05) is 13.0 Å². The second-order valence-electron chi connectivity index (χ2n) is 8.04. The van der Waals surface area contributed by atoms with E-state index in [1.54, 1.807) is 0 Å². The van der Waals surface area contributed by atoms with E-state index in [9.17, 15) is 18.0 Å². The van der Waals surface area contributed by atoms with Crippen LogP contribution in [0.3, 0.4) is 0 Å². The van der Waals surface area contributed by atoms with Gasteiger partial charge in [-0.25, -0.2) is 0 Å². The molecule has 8 heteroatoms. The molecule has 0 unspecified atom stereocenters. The van der Waals surface area contributed by atoms with Gasteiger partial charge >= 0.3 is 16.4 Å². The van der Waals surface area contributed by atoms with Crippen molar-refractivity contribution in [3.8, 4) is 0 Å². The van der Waals surface area contributed by atoms with Gasteiger partial charge in [0.1, 0.15) is 0 Å². The number of unbranched alkanes of at least 4 members (excludes halogenated alkanes) is 15. The standard InChI is InChI=1S/C22H43NO6S/c1-2-3-4-5-6-7-8-9-10-11-12-13-14-15-16-17-20-23-21(24)18-19-22(25)29-30(26,27)28/h2-20H2,1H3,(H,23,24)(H,26,27,28). The largest absolute Gasteiger partial charge is 0.448 e. The van der Waals surface area contributed by atoms with E-state index in [1.807, 2.05) is 0 Å². The Morgan fingerprint density at radius 2 is 1.10 bits per heavy atom. The number of hydrogen-bond acceptors (Lipinski definition) is 5. The third kappa shape index (κ3) is 23.1. The Morgan fingerprint density at radius 3 is 1.50 bits per heavy atom. The van der Waals surface area contributed by atoms with Crippen molar-refractivity contribution in [2.75, 3.05) is 6.54 Å². The highest BCUT2D eigenvalue weighted by Crippen LogP contribution is 2.13. The zero-order valence-corrected chi connectivity index (χ0v) is 19.6. The van der Waals surface area contributed by atoms with Crippen LogP contribution in [-0.2, 0) is 24.2 Å². The Morgan fingerprint density at radius 1 is 0.700 bits per heavy atom. The lowest BCUT2D eigenvalue weighted by molar-refractivity contribution is -0.136. The molecule has 0 fully saturated rings. The number of amides is 1. The number of nitrogens with one attached hydrogen (secondary N) is 1. The van der Waals surface area contributed by atoms with Crippen molar-refractivity contribution in [2.45, 2.75) is 122 Å². The summed E-state index contributed by atoms with van der Waals surface area (Å²) in [5.74, 6) is -1.47. The minimum Gasteiger partial charge on any atom is -0.356 e. The molecule has 0 saturated heterocycles. The van der Waals surface area contributed by atoms with Crippen molar-refractivity contribution in [3.63, 3.8) is 0 Å². The fourth-order valence-corrected chi connectivity index (χ4v) is 3.68. The van der Waals surface area contributed by atoms with E-state index in [0.717, 1.165) is 19.3 Å². The van der Waals surface area contributed by atoms with Crippen molar-refractivity contribution in [3.05, 3.63) is 0 Å². The molecule has 0 saturated carbocycles. The molecule has 0 aliphatic carbocycles. The van der Waals surface area contributed by atoms with Crippen LogP contribution < -0.4 is 5.32 Å². The lowest BCUT2D eigenvalue weighted by Crippen LogP contribution is -2.25. The van der Waals surface area contributed by atoms with E-state index in [-0.39, 0.29) is 18.7 Å². The van der Waals surface area contributed by atoms with Gasteiger partial charge in [-0.3, -0.25) is 14.1 Å². The maximum Gasteiger partial charge on any atom is 0.448 e. The van der Waals surface area contributed by atoms with Crippen LogP contribution in [0.15, 0.2) is 0 Å². The first kappa shape index (κ1) is 28.9. The number of carbonyl (C=O) groups is 2. The maximum atomic E-state index is 11.5. The number of carbonyl (C=O) groups excluding carboxylic acids is 2. The molecule has 0 atom stereocenters. The van der Waals surface area contributed by atoms with Crippen molar-refractivity contribution in [1.29, 1.82) is 0 Å². The highest BCUT2D eigenvalue weighted by Gasteiger charge is 2.14. The SMILES string of the molecule is CCCCCCCCCCCCCCCCCCNC(=O)CCC(=O)OS(=O)(=O)O. The Balaban J connectivity index is 3.27. The highest BCUT2D eigenvalue weighted by atomic mass is 32.3. The topological polar surface area (TPSA) is 110 Å². The zero-order valence-electron chi connectivity index (χ0n) is 18.8. The molecule has 2 N–H and O–H groups in total. The first-order valence-corrected chi connectivity index (χ1v) is 13.2. The van der Waals surface area contributed by atoms with Crippen LogP contribution in [0.5, 0.6) is 0 Å². The van der Waals surface area contributed by atoms with Gasteiger partial charge in [0.2, 0.25) is 5.91 Å².